The van der Waals surface area contributed by atoms with Crippen LogP contribution in [0.1, 0.15) is 18.1 Å². The number of likely N-dealkylation sites (N-methyl/N-ethyl adjacent to an activating group) is 2. The van der Waals surface area contributed by atoms with Gasteiger partial charge in [0.25, 0.3) is 5.91 Å². The normalized spacial score (nSPS) is 11.6. The van der Waals surface area contributed by atoms with Crippen molar-refractivity contribution in [1.82, 2.24) is 4.90 Å². The number of amides is 2. The Bertz CT molecular complexity index is 840. The summed E-state index contributed by atoms with van der Waals surface area (Å²) in [6, 6.07) is 13.4. The number of hydrogen-bond donors (Lipinski definition) is 2. The highest BCUT2D eigenvalue weighted by atomic mass is 35.5. The lowest BCUT2D eigenvalue weighted by Gasteiger charge is -2.20. The molecule has 0 saturated heterocycles. The third kappa shape index (κ3) is 7.07. The smallest absolute Gasteiger partial charge is 0.277 e. The van der Waals surface area contributed by atoms with Gasteiger partial charge in [-0.3, -0.25) is 9.59 Å². The standard InChI is InChI=1S/C22H28ClN3O3/c1-5-16-6-8-17(9-7-16)13-25(2)15-22(28)26(3)14-21(27)24-19-12-18(23)10-11-20(19)29-4/h6-12H,5,13-15H2,1-4H3,(H,24,27)/p+1. The number of hydrogen-bond acceptors (Lipinski definition) is 3. The first-order chi connectivity index (χ1) is 13.8. The number of aryl methyl sites for hydroxylation is 1. The van der Waals surface area contributed by atoms with E-state index >= 15 is 0 Å². The van der Waals surface area contributed by atoms with Gasteiger partial charge >= 0.3 is 0 Å². The second-order valence-corrected chi connectivity index (χ2v) is 7.56. The Balaban J connectivity index is 1.86. The maximum atomic E-state index is 12.5. The van der Waals surface area contributed by atoms with Crippen molar-refractivity contribution >= 4 is 29.1 Å². The predicted molar refractivity (Wildman–Crippen MR) is 116 cm³/mol. The zero-order valence-electron chi connectivity index (χ0n) is 17.4. The molecule has 2 aromatic carbocycles. The summed E-state index contributed by atoms with van der Waals surface area (Å²) in [5.41, 5.74) is 2.95. The molecule has 156 valence electrons. The summed E-state index contributed by atoms with van der Waals surface area (Å²) in [5.74, 6) is 0.102. The fourth-order valence-corrected chi connectivity index (χ4v) is 3.14. The van der Waals surface area contributed by atoms with Crippen LogP contribution in [0.2, 0.25) is 5.02 Å². The molecule has 0 aliphatic rings. The zero-order valence-corrected chi connectivity index (χ0v) is 18.2. The van der Waals surface area contributed by atoms with E-state index in [9.17, 15) is 9.59 Å². The van der Waals surface area contributed by atoms with E-state index in [1.807, 2.05) is 7.05 Å². The molecule has 2 rings (SSSR count). The number of quaternary nitrogens is 1. The van der Waals surface area contributed by atoms with Crippen molar-refractivity contribution in [3.8, 4) is 5.75 Å². The maximum Gasteiger partial charge on any atom is 0.277 e. The lowest BCUT2D eigenvalue weighted by atomic mass is 10.1. The van der Waals surface area contributed by atoms with E-state index in [2.05, 4.69) is 36.5 Å². The van der Waals surface area contributed by atoms with Crippen molar-refractivity contribution in [1.29, 1.82) is 0 Å². The van der Waals surface area contributed by atoms with E-state index in [4.69, 9.17) is 16.3 Å². The van der Waals surface area contributed by atoms with Gasteiger partial charge in [0, 0.05) is 17.6 Å². The molecule has 1 unspecified atom stereocenters. The topological polar surface area (TPSA) is 63.1 Å². The molecular weight excluding hydrogens is 390 g/mol. The molecule has 0 aromatic heterocycles. The highest BCUT2D eigenvalue weighted by molar-refractivity contribution is 6.31. The van der Waals surface area contributed by atoms with Gasteiger partial charge in [0.05, 0.1) is 26.4 Å². The first-order valence-corrected chi connectivity index (χ1v) is 9.96. The summed E-state index contributed by atoms with van der Waals surface area (Å²) < 4.78 is 5.22. The monoisotopic (exact) mass is 418 g/mol. The molecule has 0 fully saturated rings. The van der Waals surface area contributed by atoms with Crippen molar-refractivity contribution in [2.24, 2.45) is 0 Å². The first-order valence-electron chi connectivity index (χ1n) is 9.58. The Hall–Kier alpha value is -2.57. The lowest BCUT2D eigenvalue weighted by molar-refractivity contribution is -0.885. The maximum absolute atomic E-state index is 12.5. The number of methoxy groups -OCH3 is 1. The van der Waals surface area contributed by atoms with Gasteiger partial charge in [0.2, 0.25) is 5.91 Å². The third-order valence-electron chi connectivity index (χ3n) is 4.63. The molecule has 2 aromatic rings. The largest absolute Gasteiger partial charge is 0.495 e. The van der Waals surface area contributed by atoms with Crippen molar-refractivity contribution in [3.05, 3.63) is 58.6 Å². The summed E-state index contributed by atoms with van der Waals surface area (Å²) in [5, 5.41) is 3.23. The summed E-state index contributed by atoms with van der Waals surface area (Å²) in [6.07, 6.45) is 1.01. The van der Waals surface area contributed by atoms with Gasteiger partial charge in [0.1, 0.15) is 12.3 Å². The van der Waals surface area contributed by atoms with Gasteiger partial charge in [-0.15, -0.1) is 0 Å². The molecule has 0 bridgehead atoms. The van der Waals surface area contributed by atoms with Crippen LogP contribution in [0, 0.1) is 0 Å². The van der Waals surface area contributed by atoms with E-state index in [1.165, 1.54) is 23.1 Å². The third-order valence-corrected chi connectivity index (χ3v) is 4.87. The number of halogens is 1. The van der Waals surface area contributed by atoms with E-state index in [-0.39, 0.29) is 18.4 Å². The summed E-state index contributed by atoms with van der Waals surface area (Å²) in [7, 11) is 5.11. The van der Waals surface area contributed by atoms with Gasteiger partial charge in [0.15, 0.2) is 6.54 Å². The van der Waals surface area contributed by atoms with Crippen LogP contribution < -0.4 is 15.0 Å². The van der Waals surface area contributed by atoms with Crippen molar-refractivity contribution in [3.63, 3.8) is 0 Å². The predicted octanol–water partition coefficient (Wildman–Crippen LogP) is 2.02. The molecule has 0 heterocycles. The zero-order chi connectivity index (χ0) is 21.4. The molecule has 29 heavy (non-hydrogen) atoms. The number of carbonyl (C=O) groups is 2. The summed E-state index contributed by atoms with van der Waals surface area (Å²) in [6.45, 7) is 3.13. The Kier molecular flexibility index (Phi) is 8.49. The number of rotatable bonds is 9. The van der Waals surface area contributed by atoms with Crippen LogP contribution in [0.3, 0.4) is 0 Å². The van der Waals surface area contributed by atoms with Gasteiger partial charge < -0.3 is 19.9 Å². The fraction of sp³-hybridized carbons (Fsp3) is 0.364. The molecule has 1 atom stereocenters. The second-order valence-electron chi connectivity index (χ2n) is 7.12. The minimum atomic E-state index is -0.311. The number of nitrogens with zero attached hydrogens (tertiary/aromatic N) is 1. The molecule has 6 nitrogen and oxygen atoms in total. The molecule has 0 aliphatic carbocycles. The first kappa shape index (κ1) is 22.7. The van der Waals surface area contributed by atoms with Crippen LogP contribution in [-0.2, 0) is 22.6 Å². The minimum Gasteiger partial charge on any atom is -0.495 e. The van der Waals surface area contributed by atoms with Gasteiger partial charge in [-0.05, 0) is 30.2 Å². The average molecular weight is 419 g/mol. The van der Waals surface area contributed by atoms with Gasteiger partial charge in [-0.2, -0.15) is 0 Å². The fourth-order valence-electron chi connectivity index (χ4n) is 2.97. The van der Waals surface area contributed by atoms with Crippen molar-refractivity contribution in [2.75, 3.05) is 39.6 Å². The van der Waals surface area contributed by atoms with Crippen LogP contribution >= 0.6 is 11.6 Å². The Labute approximate surface area is 177 Å². The average Bonchev–Trinajstić information content (AvgIpc) is 2.68. The van der Waals surface area contributed by atoms with Crippen molar-refractivity contribution in [2.45, 2.75) is 19.9 Å². The van der Waals surface area contributed by atoms with Crippen LogP contribution in [0.4, 0.5) is 5.69 Å². The highest BCUT2D eigenvalue weighted by Gasteiger charge is 2.18. The van der Waals surface area contributed by atoms with Crippen LogP contribution in [0.25, 0.3) is 0 Å². The second kappa shape index (κ2) is 10.8. The van der Waals surface area contributed by atoms with E-state index in [1.54, 1.807) is 25.2 Å². The van der Waals surface area contributed by atoms with E-state index < -0.39 is 0 Å². The number of ether oxygens (including phenoxy) is 1. The molecule has 0 spiro atoms. The molecular formula is C22H29ClN3O3+. The number of benzene rings is 2. The molecule has 7 heteroatoms. The minimum absolute atomic E-state index is 0.0486. The number of anilines is 1. The van der Waals surface area contributed by atoms with Crippen LogP contribution in [0.15, 0.2) is 42.5 Å². The molecule has 0 saturated carbocycles. The molecule has 2 amide bonds. The Morgan fingerprint density at radius 1 is 1.14 bits per heavy atom. The van der Waals surface area contributed by atoms with Gasteiger partial charge in [-0.25, -0.2) is 0 Å². The molecule has 2 N–H and O–H groups in total. The number of nitrogens with one attached hydrogen (secondary N) is 2. The van der Waals surface area contributed by atoms with Crippen LogP contribution in [0.5, 0.6) is 5.75 Å². The Morgan fingerprint density at radius 2 is 1.79 bits per heavy atom. The summed E-state index contributed by atoms with van der Waals surface area (Å²) in [4.78, 5) is 27.3. The number of carbonyl (C=O) groups excluding carboxylic acids is 2. The van der Waals surface area contributed by atoms with Crippen molar-refractivity contribution < 1.29 is 19.2 Å². The lowest BCUT2D eigenvalue weighted by Crippen LogP contribution is -3.08. The quantitative estimate of drug-likeness (QED) is 0.655. The molecule has 0 aliphatic heterocycles. The van der Waals surface area contributed by atoms with E-state index in [0.717, 1.165) is 17.9 Å². The Morgan fingerprint density at radius 3 is 2.41 bits per heavy atom. The molecule has 0 radical (unpaired) electrons. The highest BCUT2D eigenvalue weighted by Crippen LogP contribution is 2.27. The van der Waals surface area contributed by atoms with Gasteiger partial charge in [-0.1, -0.05) is 42.8 Å². The van der Waals surface area contributed by atoms with E-state index in [0.29, 0.717) is 23.0 Å². The SMILES string of the molecule is CCc1ccc(C[NH+](C)CC(=O)N(C)CC(=O)Nc2cc(Cl)ccc2OC)cc1. The summed E-state index contributed by atoms with van der Waals surface area (Å²) >= 11 is 5.98. The van der Waals surface area contributed by atoms with Crippen LogP contribution in [-0.4, -0.2) is 51.0 Å².